The summed E-state index contributed by atoms with van der Waals surface area (Å²) in [6, 6.07) is 5.68. The summed E-state index contributed by atoms with van der Waals surface area (Å²) in [5, 5.41) is 9.10. The van der Waals surface area contributed by atoms with Gasteiger partial charge in [-0.05, 0) is 18.2 Å². The van der Waals surface area contributed by atoms with Crippen molar-refractivity contribution in [3.05, 3.63) is 49.8 Å². The Balaban J connectivity index is 2.21. The summed E-state index contributed by atoms with van der Waals surface area (Å²) in [5.74, 6) is 0.754. The van der Waals surface area contributed by atoms with E-state index in [1.54, 1.807) is 7.11 Å². The van der Waals surface area contributed by atoms with Gasteiger partial charge in [0.05, 0.1) is 19.0 Å². The molecule has 0 saturated carbocycles. The Labute approximate surface area is 123 Å². The van der Waals surface area contributed by atoms with E-state index in [4.69, 9.17) is 16.3 Å². The van der Waals surface area contributed by atoms with Crippen molar-refractivity contribution in [2.45, 2.75) is 6.54 Å². The molecule has 0 amide bonds. The quantitative estimate of drug-likeness (QED) is 0.895. The molecule has 0 atom stereocenters. The summed E-state index contributed by atoms with van der Waals surface area (Å²) in [6.07, 6.45) is 1.47. The number of benzene rings is 1. The molecule has 2 aromatic rings. The average Bonchev–Trinajstić information content (AvgIpc) is 2.40. The first kappa shape index (κ1) is 13.9. The molecule has 1 heterocycles. The molecule has 2 rings (SSSR count). The highest BCUT2D eigenvalue weighted by molar-refractivity contribution is 9.10. The number of H-pyrrole nitrogens is 1. The normalized spacial score (nSPS) is 10.3. The van der Waals surface area contributed by atoms with Gasteiger partial charge in [0.1, 0.15) is 10.8 Å². The third kappa shape index (κ3) is 3.27. The topological polar surface area (TPSA) is 67.0 Å². The van der Waals surface area contributed by atoms with E-state index in [0.29, 0.717) is 12.2 Å². The molecule has 100 valence electrons. The Bertz CT molecular complexity index is 645. The van der Waals surface area contributed by atoms with Crippen LogP contribution in [0.2, 0.25) is 5.02 Å². The zero-order valence-electron chi connectivity index (χ0n) is 10.0. The van der Waals surface area contributed by atoms with Crippen LogP contribution < -0.4 is 15.6 Å². The van der Waals surface area contributed by atoms with E-state index in [1.165, 1.54) is 6.20 Å². The van der Waals surface area contributed by atoms with Crippen molar-refractivity contribution in [1.82, 2.24) is 10.2 Å². The van der Waals surface area contributed by atoms with E-state index in [2.05, 4.69) is 31.4 Å². The van der Waals surface area contributed by atoms with E-state index in [-0.39, 0.29) is 5.02 Å². The molecule has 5 nitrogen and oxygen atoms in total. The van der Waals surface area contributed by atoms with Crippen molar-refractivity contribution in [3.63, 3.8) is 0 Å². The Kier molecular flexibility index (Phi) is 4.44. The second-order valence-electron chi connectivity index (χ2n) is 3.74. The molecule has 1 aromatic heterocycles. The molecule has 0 fully saturated rings. The largest absolute Gasteiger partial charge is 0.496 e. The van der Waals surface area contributed by atoms with Crippen LogP contribution >= 0.6 is 27.5 Å². The van der Waals surface area contributed by atoms with Crippen molar-refractivity contribution >= 4 is 33.2 Å². The minimum atomic E-state index is -0.423. The number of rotatable bonds is 4. The molecule has 0 saturated heterocycles. The number of nitrogens with one attached hydrogen (secondary N) is 2. The van der Waals surface area contributed by atoms with Crippen LogP contribution in [0.5, 0.6) is 5.75 Å². The number of hydrogen-bond donors (Lipinski definition) is 2. The predicted octanol–water partition coefficient (Wildman–Crippen LogP) is 2.81. The first-order valence-corrected chi connectivity index (χ1v) is 6.58. The molecule has 7 heteroatoms. The number of nitrogens with zero attached hydrogens (tertiary/aromatic N) is 1. The summed E-state index contributed by atoms with van der Waals surface area (Å²) in [4.78, 5) is 11.3. The van der Waals surface area contributed by atoms with Gasteiger partial charge in [-0.3, -0.25) is 4.79 Å². The first-order valence-electron chi connectivity index (χ1n) is 5.41. The fourth-order valence-electron chi connectivity index (χ4n) is 1.58. The summed E-state index contributed by atoms with van der Waals surface area (Å²) < 4.78 is 6.21. The van der Waals surface area contributed by atoms with Crippen molar-refractivity contribution in [2.24, 2.45) is 0 Å². The van der Waals surface area contributed by atoms with Crippen LogP contribution in [0.3, 0.4) is 0 Å². The third-order valence-corrected chi connectivity index (χ3v) is 3.38. The second kappa shape index (κ2) is 6.08. The number of aromatic nitrogens is 2. The zero-order valence-corrected chi connectivity index (χ0v) is 12.4. The van der Waals surface area contributed by atoms with Crippen molar-refractivity contribution < 1.29 is 4.74 Å². The summed E-state index contributed by atoms with van der Waals surface area (Å²) in [7, 11) is 1.61. The Morgan fingerprint density at radius 2 is 2.32 bits per heavy atom. The number of ether oxygens (including phenoxy) is 1. The number of hydrogen-bond acceptors (Lipinski definition) is 4. The van der Waals surface area contributed by atoms with E-state index < -0.39 is 5.56 Å². The SMILES string of the molecule is COc1ccc(Br)cc1CNc1cn[nH]c(=O)c1Cl. The zero-order chi connectivity index (χ0) is 13.8. The molecule has 0 aliphatic carbocycles. The number of aromatic amines is 1. The van der Waals surface area contributed by atoms with Crippen LogP contribution in [0.4, 0.5) is 5.69 Å². The van der Waals surface area contributed by atoms with Crippen LogP contribution in [0.25, 0.3) is 0 Å². The van der Waals surface area contributed by atoms with Crippen molar-refractivity contribution in [1.29, 1.82) is 0 Å². The number of anilines is 1. The lowest BCUT2D eigenvalue weighted by molar-refractivity contribution is 0.410. The molecular weight excluding hydrogens is 334 g/mol. The van der Waals surface area contributed by atoms with Crippen LogP contribution in [0.15, 0.2) is 33.7 Å². The van der Waals surface area contributed by atoms with E-state index >= 15 is 0 Å². The van der Waals surface area contributed by atoms with Crippen molar-refractivity contribution in [3.8, 4) is 5.75 Å². The monoisotopic (exact) mass is 343 g/mol. The van der Waals surface area contributed by atoms with Crippen molar-refractivity contribution in [2.75, 3.05) is 12.4 Å². The van der Waals surface area contributed by atoms with Gasteiger partial charge in [0, 0.05) is 16.6 Å². The molecule has 0 unspecified atom stereocenters. The molecule has 0 bridgehead atoms. The van der Waals surface area contributed by atoms with Gasteiger partial charge in [0.15, 0.2) is 0 Å². The van der Waals surface area contributed by atoms with Gasteiger partial charge in [-0.15, -0.1) is 0 Å². The van der Waals surface area contributed by atoms with Gasteiger partial charge in [-0.25, -0.2) is 5.10 Å². The molecule has 0 aliphatic heterocycles. The highest BCUT2D eigenvalue weighted by Gasteiger charge is 2.07. The maximum atomic E-state index is 11.3. The smallest absolute Gasteiger partial charge is 0.285 e. The summed E-state index contributed by atoms with van der Waals surface area (Å²) in [5.41, 5.74) is 0.994. The van der Waals surface area contributed by atoms with Crippen LogP contribution in [-0.4, -0.2) is 17.3 Å². The molecule has 0 aliphatic rings. The van der Waals surface area contributed by atoms with Gasteiger partial charge >= 0.3 is 0 Å². The minimum Gasteiger partial charge on any atom is -0.496 e. The lowest BCUT2D eigenvalue weighted by Crippen LogP contribution is -2.12. The van der Waals surface area contributed by atoms with Gasteiger partial charge in [-0.2, -0.15) is 5.10 Å². The fourth-order valence-corrected chi connectivity index (χ4v) is 2.15. The highest BCUT2D eigenvalue weighted by Crippen LogP contribution is 2.24. The molecule has 1 aromatic carbocycles. The Morgan fingerprint density at radius 1 is 1.53 bits per heavy atom. The lowest BCUT2D eigenvalue weighted by atomic mass is 10.2. The van der Waals surface area contributed by atoms with Crippen LogP contribution in [0, 0.1) is 0 Å². The maximum Gasteiger partial charge on any atom is 0.285 e. The van der Waals surface area contributed by atoms with E-state index in [9.17, 15) is 4.79 Å². The number of halogens is 2. The average molecular weight is 345 g/mol. The van der Waals surface area contributed by atoms with Crippen LogP contribution in [0.1, 0.15) is 5.56 Å². The van der Waals surface area contributed by atoms with E-state index in [0.717, 1.165) is 15.8 Å². The maximum absolute atomic E-state index is 11.3. The molecular formula is C12H11BrClN3O2. The predicted molar refractivity (Wildman–Crippen MR) is 77.9 cm³/mol. The first-order chi connectivity index (χ1) is 9.11. The molecule has 19 heavy (non-hydrogen) atoms. The summed E-state index contributed by atoms with van der Waals surface area (Å²) >= 11 is 9.28. The standard InChI is InChI=1S/C12H11BrClN3O2/c1-19-10-3-2-8(13)4-7(10)5-15-9-6-16-17-12(18)11(9)14/h2-4,6H,5H2,1H3,(H2,15,17,18). The second-order valence-corrected chi connectivity index (χ2v) is 5.03. The Hall–Kier alpha value is -1.53. The lowest BCUT2D eigenvalue weighted by Gasteiger charge is -2.11. The molecule has 2 N–H and O–H groups in total. The molecule has 0 spiro atoms. The fraction of sp³-hybridized carbons (Fsp3) is 0.167. The van der Waals surface area contributed by atoms with Gasteiger partial charge in [0.2, 0.25) is 0 Å². The van der Waals surface area contributed by atoms with Gasteiger partial charge < -0.3 is 10.1 Å². The summed E-state index contributed by atoms with van der Waals surface area (Å²) in [6.45, 7) is 0.466. The highest BCUT2D eigenvalue weighted by atomic mass is 79.9. The Morgan fingerprint density at radius 3 is 3.05 bits per heavy atom. The third-order valence-electron chi connectivity index (χ3n) is 2.51. The molecule has 0 radical (unpaired) electrons. The number of methoxy groups -OCH3 is 1. The van der Waals surface area contributed by atoms with Crippen LogP contribution in [-0.2, 0) is 6.54 Å². The van der Waals surface area contributed by atoms with Gasteiger partial charge in [-0.1, -0.05) is 27.5 Å². The van der Waals surface area contributed by atoms with Gasteiger partial charge in [0.25, 0.3) is 5.56 Å². The van der Waals surface area contributed by atoms with E-state index in [1.807, 2.05) is 18.2 Å². The minimum absolute atomic E-state index is 0.0870.